The summed E-state index contributed by atoms with van der Waals surface area (Å²) in [6.07, 6.45) is -4.04. The third kappa shape index (κ3) is 7.96. The lowest BCUT2D eigenvalue weighted by molar-refractivity contribution is -0.274. The summed E-state index contributed by atoms with van der Waals surface area (Å²) in [7, 11) is 0. The maximum absolute atomic E-state index is 15.1. The van der Waals surface area contributed by atoms with Gasteiger partial charge in [-0.3, -0.25) is 5.32 Å². The van der Waals surface area contributed by atoms with E-state index in [2.05, 4.69) is 62.1 Å². The Morgan fingerprint density at radius 1 is 1.09 bits per heavy atom. The molecule has 13 heteroatoms. The number of rotatable bonds is 11. The van der Waals surface area contributed by atoms with Gasteiger partial charge in [-0.25, -0.2) is 19.0 Å². The minimum absolute atomic E-state index is 0.144. The van der Waals surface area contributed by atoms with Crippen LogP contribution in [0.15, 0.2) is 78.0 Å². The Kier molecular flexibility index (Phi) is 9.87. The number of alkyl halides is 4. The second-order valence-corrected chi connectivity index (χ2v) is 11.3. The molecule has 0 amide bonds. The summed E-state index contributed by atoms with van der Waals surface area (Å²) in [5.41, 5.74) is 5.01. The van der Waals surface area contributed by atoms with Gasteiger partial charge < -0.3 is 14.7 Å². The smallest absolute Gasteiger partial charge is 0.406 e. The number of nitrogens with zero attached hydrogens (tertiary/aromatic N) is 5. The van der Waals surface area contributed by atoms with Gasteiger partial charge in [-0.1, -0.05) is 61.5 Å². The molecule has 1 aliphatic rings. The molecule has 2 N–H and O–H groups in total. The molecule has 0 aliphatic carbocycles. The third-order valence-corrected chi connectivity index (χ3v) is 7.87. The fourth-order valence-corrected chi connectivity index (χ4v) is 5.75. The number of aliphatic hydroxyl groups is 1. The molecule has 5 rings (SSSR count). The maximum Gasteiger partial charge on any atom is 0.573 e. The molecule has 1 aliphatic heterocycles. The van der Waals surface area contributed by atoms with Crippen molar-refractivity contribution in [2.45, 2.75) is 45.6 Å². The van der Waals surface area contributed by atoms with Crippen LogP contribution in [0.3, 0.4) is 0 Å². The highest BCUT2D eigenvalue weighted by Gasteiger charge is 2.31. The van der Waals surface area contributed by atoms with Crippen LogP contribution >= 0.6 is 11.8 Å². The summed E-state index contributed by atoms with van der Waals surface area (Å²) in [6, 6.07) is 18.2. The Labute approximate surface area is 256 Å². The number of thioether (sulfide) groups is 1. The highest BCUT2D eigenvalue weighted by Crippen LogP contribution is 2.31. The average molecular weight is 629 g/mol. The van der Waals surface area contributed by atoms with Crippen molar-refractivity contribution in [1.29, 1.82) is 0 Å². The first kappa shape index (κ1) is 31.5. The number of benzene rings is 3. The van der Waals surface area contributed by atoms with E-state index >= 15 is 4.39 Å². The van der Waals surface area contributed by atoms with Crippen LogP contribution in [0.25, 0.3) is 17.1 Å². The van der Waals surface area contributed by atoms with E-state index in [9.17, 15) is 18.3 Å². The van der Waals surface area contributed by atoms with E-state index in [0.29, 0.717) is 27.8 Å². The Balaban J connectivity index is 1.18. The minimum Gasteiger partial charge on any atom is -0.406 e. The van der Waals surface area contributed by atoms with E-state index in [1.165, 1.54) is 40.8 Å². The predicted molar refractivity (Wildman–Crippen MR) is 164 cm³/mol. The summed E-state index contributed by atoms with van der Waals surface area (Å²) >= 11 is 1.56. The zero-order valence-corrected chi connectivity index (χ0v) is 24.9. The standard InChI is InChI=1S/C31H32F4N6O2S/c1-3-4-22-6-5-20(2)17-27(22)40-15-16-44-30(40)38-29(42)36-18-26(32)21-7-9-23(10-8-21)28-37-19-41(39-28)24-11-13-25(14-12-24)43-31(33,34)35/h5-14,17,19,26,29,36,42H,3-4,15-16,18H2,1-2H3/b38-30-. The van der Waals surface area contributed by atoms with E-state index < -0.39 is 18.9 Å². The lowest BCUT2D eigenvalue weighted by atomic mass is 10.0. The molecule has 2 unspecified atom stereocenters. The molecule has 2 atom stereocenters. The molecule has 1 saturated heterocycles. The first-order chi connectivity index (χ1) is 21.1. The topological polar surface area (TPSA) is 87.8 Å². The van der Waals surface area contributed by atoms with Crippen molar-refractivity contribution in [1.82, 2.24) is 20.1 Å². The molecule has 0 saturated carbocycles. The number of halogens is 4. The number of aliphatic hydroxyl groups excluding tert-OH is 1. The van der Waals surface area contributed by atoms with Crippen molar-refractivity contribution in [3.05, 3.63) is 89.7 Å². The van der Waals surface area contributed by atoms with Gasteiger partial charge in [-0.05, 0) is 60.4 Å². The Bertz CT molecular complexity index is 1580. The fourth-order valence-electron chi connectivity index (χ4n) is 4.78. The largest absolute Gasteiger partial charge is 0.573 e. The SMILES string of the molecule is CCCc1ccc(C)cc1N1CCS/C1=N\C(O)NCC(F)c1ccc(-c2ncn(-c3ccc(OC(F)(F)F)cc3)n2)cc1. The van der Waals surface area contributed by atoms with Crippen LogP contribution in [0.2, 0.25) is 0 Å². The summed E-state index contributed by atoms with van der Waals surface area (Å²) in [5.74, 6) is 0.871. The molecule has 2 heterocycles. The second kappa shape index (κ2) is 13.8. The van der Waals surface area contributed by atoms with Gasteiger partial charge in [0.2, 0.25) is 6.35 Å². The van der Waals surface area contributed by atoms with Crippen LogP contribution in [0.4, 0.5) is 23.2 Å². The van der Waals surface area contributed by atoms with Gasteiger partial charge in [0.15, 0.2) is 11.0 Å². The second-order valence-electron chi connectivity index (χ2n) is 10.2. The molecule has 4 aromatic rings. The Morgan fingerprint density at radius 2 is 1.84 bits per heavy atom. The number of nitrogens with one attached hydrogen (secondary N) is 1. The van der Waals surface area contributed by atoms with E-state index in [1.54, 1.807) is 36.0 Å². The van der Waals surface area contributed by atoms with Gasteiger partial charge in [0, 0.05) is 30.1 Å². The Morgan fingerprint density at radius 3 is 2.55 bits per heavy atom. The van der Waals surface area contributed by atoms with Crippen molar-refractivity contribution in [3.8, 4) is 22.8 Å². The van der Waals surface area contributed by atoms with Crippen molar-refractivity contribution in [2.24, 2.45) is 4.99 Å². The summed E-state index contributed by atoms with van der Waals surface area (Å²) in [6.45, 7) is 4.83. The molecule has 3 aromatic carbocycles. The number of aromatic nitrogens is 3. The number of aliphatic imine (C=N–C) groups is 1. The summed E-state index contributed by atoms with van der Waals surface area (Å²) < 4.78 is 57.6. The van der Waals surface area contributed by atoms with Crippen molar-refractivity contribution in [2.75, 3.05) is 23.7 Å². The lowest BCUT2D eigenvalue weighted by Crippen LogP contribution is -2.33. The van der Waals surface area contributed by atoms with E-state index in [-0.39, 0.29) is 12.3 Å². The van der Waals surface area contributed by atoms with Crippen LogP contribution in [-0.4, -0.2) is 56.6 Å². The maximum atomic E-state index is 15.1. The monoisotopic (exact) mass is 628 g/mol. The molecule has 1 fully saturated rings. The fraction of sp³-hybridized carbons (Fsp3) is 0.323. The van der Waals surface area contributed by atoms with E-state index in [4.69, 9.17) is 0 Å². The lowest BCUT2D eigenvalue weighted by Gasteiger charge is -2.23. The van der Waals surface area contributed by atoms with Gasteiger partial charge in [0.25, 0.3) is 0 Å². The number of hydrogen-bond acceptors (Lipinski definition) is 7. The van der Waals surface area contributed by atoms with Crippen LogP contribution in [-0.2, 0) is 6.42 Å². The molecule has 0 radical (unpaired) electrons. The van der Waals surface area contributed by atoms with Crippen molar-refractivity contribution >= 4 is 22.6 Å². The Hall–Kier alpha value is -3.94. The number of amidine groups is 1. The molecular weight excluding hydrogens is 596 g/mol. The highest BCUT2D eigenvalue weighted by molar-refractivity contribution is 8.14. The minimum atomic E-state index is -4.77. The molecule has 1 aromatic heterocycles. The molecule has 232 valence electrons. The van der Waals surface area contributed by atoms with Gasteiger partial charge in [-0.2, -0.15) is 0 Å². The van der Waals surface area contributed by atoms with Gasteiger partial charge >= 0.3 is 6.36 Å². The number of hydrogen-bond donors (Lipinski definition) is 2. The normalized spacial score (nSPS) is 16.0. The van der Waals surface area contributed by atoms with Gasteiger partial charge in [0.1, 0.15) is 18.2 Å². The predicted octanol–water partition coefficient (Wildman–Crippen LogP) is 6.58. The van der Waals surface area contributed by atoms with Gasteiger partial charge in [0.05, 0.1) is 5.69 Å². The molecular formula is C31H32F4N6O2S. The average Bonchev–Trinajstić information content (AvgIpc) is 3.67. The van der Waals surface area contributed by atoms with E-state index in [1.807, 2.05) is 0 Å². The summed E-state index contributed by atoms with van der Waals surface area (Å²) in [4.78, 5) is 10.8. The van der Waals surface area contributed by atoms with E-state index in [0.717, 1.165) is 36.4 Å². The van der Waals surface area contributed by atoms with Crippen molar-refractivity contribution < 1.29 is 27.4 Å². The highest BCUT2D eigenvalue weighted by atomic mass is 32.2. The molecule has 0 spiro atoms. The molecule has 0 bridgehead atoms. The van der Waals surface area contributed by atoms with Crippen LogP contribution in [0.5, 0.6) is 5.75 Å². The van der Waals surface area contributed by atoms with Crippen molar-refractivity contribution in [3.63, 3.8) is 0 Å². The number of aryl methyl sites for hydroxylation is 2. The number of ether oxygens (including phenoxy) is 1. The quantitative estimate of drug-likeness (QED) is 0.143. The van der Waals surface area contributed by atoms with Crippen LogP contribution in [0, 0.1) is 6.92 Å². The zero-order chi connectivity index (χ0) is 31.3. The zero-order valence-electron chi connectivity index (χ0n) is 24.1. The molecule has 44 heavy (non-hydrogen) atoms. The van der Waals surface area contributed by atoms with Crippen LogP contribution in [0.1, 0.15) is 36.2 Å². The number of anilines is 1. The third-order valence-electron chi connectivity index (χ3n) is 6.90. The first-order valence-electron chi connectivity index (χ1n) is 14.1. The summed E-state index contributed by atoms with van der Waals surface area (Å²) in [5, 5.41) is 18.4. The van der Waals surface area contributed by atoms with Crippen LogP contribution < -0.4 is 15.0 Å². The molecule has 8 nitrogen and oxygen atoms in total. The first-order valence-corrected chi connectivity index (χ1v) is 15.1. The van der Waals surface area contributed by atoms with Gasteiger partial charge in [-0.15, -0.1) is 18.3 Å².